The highest BCUT2D eigenvalue weighted by Crippen LogP contribution is 2.14. The first-order valence-electron chi connectivity index (χ1n) is 4.67. The smallest absolute Gasteiger partial charge is 0.391 e. The summed E-state index contributed by atoms with van der Waals surface area (Å²) in [6, 6.07) is 5.67. The van der Waals surface area contributed by atoms with E-state index < -0.39 is 9.28 Å². The van der Waals surface area contributed by atoms with Crippen LogP contribution in [0, 0.1) is 13.8 Å². The lowest BCUT2D eigenvalue weighted by Crippen LogP contribution is -2.31. The first-order chi connectivity index (χ1) is 7.11. The molecule has 4 heteroatoms. The van der Waals surface area contributed by atoms with Crippen molar-refractivity contribution in [2.75, 3.05) is 14.2 Å². The van der Waals surface area contributed by atoms with Gasteiger partial charge in [0.05, 0.1) is 0 Å². The molecule has 0 N–H and O–H groups in total. The van der Waals surface area contributed by atoms with Crippen molar-refractivity contribution < 1.29 is 13.6 Å². The molecule has 0 saturated carbocycles. The zero-order valence-corrected chi connectivity index (χ0v) is 10.5. The largest absolute Gasteiger partial charge is 0.468 e. The maximum atomic E-state index is 12.0. The number of rotatable bonds is 4. The van der Waals surface area contributed by atoms with Crippen molar-refractivity contribution in [1.29, 1.82) is 0 Å². The predicted molar refractivity (Wildman–Crippen MR) is 60.0 cm³/mol. The lowest BCUT2D eigenvalue weighted by molar-refractivity contribution is 0.101. The predicted octanol–water partition coefficient (Wildman–Crippen LogP) is 1.81. The Morgan fingerprint density at radius 2 is 1.80 bits per heavy atom. The highest BCUT2D eigenvalue weighted by Gasteiger charge is 2.26. The summed E-state index contributed by atoms with van der Waals surface area (Å²) in [5.74, 6) is 0. The molecule has 81 valence electrons. The van der Waals surface area contributed by atoms with Gasteiger partial charge in [0.25, 0.3) is 0 Å². The van der Waals surface area contributed by atoms with Gasteiger partial charge in [-0.1, -0.05) is 18.2 Å². The summed E-state index contributed by atoms with van der Waals surface area (Å²) < 4.78 is 10.1. The van der Waals surface area contributed by atoms with Crippen LogP contribution in [0.2, 0.25) is 0 Å². The minimum atomic E-state index is -1.83. The number of carbonyl (C=O) groups is 1. The fraction of sp³-hybridized carbons (Fsp3) is 0.364. The monoisotopic (exact) mass is 223 g/mol. The number of hydrogen-bond donors (Lipinski definition) is 0. The van der Waals surface area contributed by atoms with Crippen LogP contribution in [0.15, 0.2) is 18.2 Å². The third-order valence-corrected chi connectivity index (χ3v) is 3.79. The van der Waals surface area contributed by atoms with Crippen LogP contribution < -0.4 is 0 Å². The van der Waals surface area contributed by atoms with Crippen LogP contribution in [0.4, 0.5) is 0 Å². The lowest BCUT2D eigenvalue weighted by Gasteiger charge is -2.11. The molecule has 0 unspecified atom stereocenters. The summed E-state index contributed by atoms with van der Waals surface area (Å²) >= 11 is 0. The molecule has 1 aromatic carbocycles. The molecule has 0 bridgehead atoms. The SMILES string of the molecule is CO[Si](OC)C(=O)c1cccc(C)c1C. The number of hydrogen-bond acceptors (Lipinski definition) is 3. The van der Waals surface area contributed by atoms with Crippen molar-refractivity contribution in [2.45, 2.75) is 13.8 Å². The van der Waals surface area contributed by atoms with E-state index in [2.05, 4.69) is 0 Å². The fourth-order valence-electron chi connectivity index (χ4n) is 1.38. The van der Waals surface area contributed by atoms with Gasteiger partial charge in [-0.3, -0.25) is 4.79 Å². The number of benzene rings is 1. The maximum absolute atomic E-state index is 12.0. The van der Waals surface area contributed by atoms with Gasteiger partial charge in [0, 0.05) is 19.8 Å². The normalized spacial score (nSPS) is 10.7. The minimum Gasteiger partial charge on any atom is -0.391 e. The van der Waals surface area contributed by atoms with Crippen molar-refractivity contribution >= 4 is 14.7 Å². The average Bonchev–Trinajstić information content (AvgIpc) is 2.23. The van der Waals surface area contributed by atoms with Crippen LogP contribution in [-0.4, -0.2) is 28.9 Å². The van der Waals surface area contributed by atoms with E-state index in [9.17, 15) is 4.79 Å². The topological polar surface area (TPSA) is 35.5 Å². The van der Waals surface area contributed by atoms with E-state index >= 15 is 0 Å². The van der Waals surface area contributed by atoms with Gasteiger partial charge < -0.3 is 8.85 Å². The lowest BCUT2D eigenvalue weighted by atomic mass is 10.0. The summed E-state index contributed by atoms with van der Waals surface area (Å²) in [6.07, 6.45) is 0. The van der Waals surface area contributed by atoms with E-state index in [1.807, 2.05) is 32.0 Å². The Hall–Kier alpha value is -0.973. The van der Waals surface area contributed by atoms with Crippen LogP contribution in [0.3, 0.4) is 0 Å². The molecule has 0 aliphatic carbocycles. The zero-order chi connectivity index (χ0) is 11.4. The molecule has 0 aliphatic heterocycles. The van der Waals surface area contributed by atoms with Crippen molar-refractivity contribution in [2.24, 2.45) is 0 Å². The van der Waals surface area contributed by atoms with E-state index in [0.29, 0.717) is 5.56 Å². The Balaban J connectivity index is 3.05. The molecular formula is C11H15O3Si. The molecule has 0 spiro atoms. The molecule has 15 heavy (non-hydrogen) atoms. The Bertz CT molecular complexity index is 359. The average molecular weight is 223 g/mol. The van der Waals surface area contributed by atoms with E-state index in [1.54, 1.807) is 0 Å². The van der Waals surface area contributed by atoms with Crippen molar-refractivity contribution in [3.63, 3.8) is 0 Å². The molecule has 1 aromatic rings. The second kappa shape index (κ2) is 5.20. The Morgan fingerprint density at radius 1 is 1.20 bits per heavy atom. The van der Waals surface area contributed by atoms with Gasteiger partial charge in [0.15, 0.2) is 0 Å². The third-order valence-electron chi connectivity index (χ3n) is 2.41. The fourth-order valence-corrected chi connectivity index (χ4v) is 2.40. The quantitative estimate of drug-likeness (QED) is 0.730. The molecule has 1 rings (SSSR count). The van der Waals surface area contributed by atoms with Gasteiger partial charge in [-0.2, -0.15) is 0 Å². The molecule has 0 amide bonds. The van der Waals surface area contributed by atoms with E-state index in [0.717, 1.165) is 11.1 Å². The second-order valence-electron chi connectivity index (χ2n) is 3.27. The van der Waals surface area contributed by atoms with E-state index in [1.165, 1.54) is 14.2 Å². The zero-order valence-electron chi connectivity index (χ0n) is 9.46. The molecule has 0 aromatic heterocycles. The molecular weight excluding hydrogens is 208 g/mol. The standard InChI is InChI=1S/C11H15O3Si/c1-8-6-5-7-10(9(8)2)11(12)15(13-3)14-4/h5-7H,1-4H3. The van der Waals surface area contributed by atoms with Gasteiger partial charge in [0.1, 0.15) is 0 Å². The summed E-state index contributed by atoms with van der Waals surface area (Å²) in [4.78, 5) is 12.0. The van der Waals surface area contributed by atoms with Crippen molar-refractivity contribution in [3.05, 3.63) is 34.9 Å². The molecule has 1 radical (unpaired) electrons. The highest BCUT2D eigenvalue weighted by atomic mass is 28.3. The molecule has 0 aliphatic rings. The summed E-state index contributed by atoms with van der Waals surface area (Å²) in [5, 5.41) is -0.0359. The Kier molecular flexibility index (Phi) is 4.20. The Labute approximate surface area is 91.9 Å². The summed E-state index contributed by atoms with van der Waals surface area (Å²) in [7, 11) is 1.17. The van der Waals surface area contributed by atoms with Gasteiger partial charge in [-0.15, -0.1) is 0 Å². The van der Waals surface area contributed by atoms with E-state index in [-0.39, 0.29) is 5.41 Å². The van der Waals surface area contributed by atoms with Gasteiger partial charge in [-0.05, 0) is 25.0 Å². The number of aryl methyl sites for hydroxylation is 1. The summed E-state index contributed by atoms with van der Waals surface area (Å²) in [5.41, 5.74) is 2.81. The van der Waals surface area contributed by atoms with Crippen LogP contribution in [0.5, 0.6) is 0 Å². The second-order valence-corrected chi connectivity index (χ2v) is 5.12. The minimum absolute atomic E-state index is 0.0359. The van der Waals surface area contributed by atoms with Crippen LogP contribution >= 0.6 is 0 Å². The van der Waals surface area contributed by atoms with Gasteiger partial charge >= 0.3 is 9.28 Å². The molecule has 0 heterocycles. The van der Waals surface area contributed by atoms with E-state index in [4.69, 9.17) is 8.85 Å². The summed E-state index contributed by atoms with van der Waals surface area (Å²) in [6.45, 7) is 3.92. The van der Waals surface area contributed by atoms with Crippen LogP contribution in [0.25, 0.3) is 0 Å². The Morgan fingerprint density at radius 3 is 2.33 bits per heavy atom. The van der Waals surface area contributed by atoms with Crippen molar-refractivity contribution in [3.8, 4) is 0 Å². The van der Waals surface area contributed by atoms with Crippen LogP contribution in [-0.2, 0) is 8.85 Å². The highest BCUT2D eigenvalue weighted by molar-refractivity contribution is 6.83. The number of carbonyl (C=O) groups excluding carboxylic acids is 1. The van der Waals surface area contributed by atoms with Crippen LogP contribution in [0.1, 0.15) is 21.5 Å². The first kappa shape index (κ1) is 12.1. The first-order valence-corrected chi connectivity index (χ1v) is 5.99. The third kappa shape index (κ3) is 2.53. The van der Waals surface area contributed by atoms with Gasteiger partial charge in [0.2, 0.25) is 5.41 Å². The molecule has 0 fully saturated rings. The molecule has 0 atom stereocenters. The van der Waals surface area contributed by atoms with Crippen molar-refractivity contribution in [1.82, 2.24) is 0 Å². The van der Waals surface area contributed by atoms with Gasteiger partial charge in [-0.25, -0.2) is 0 Å². The molecule has 3 nitrogen and oxygen atoms in total. The maximum Gasteiger partial charge on any atom is 0.468 e. The molecule has 0 saturated heterocycles.